The van der Waals surface area contributed by atoms with Gasteiger partial charge in [0.15, 0.2) is 17.3 Å². The number of aromatic nitrogens is 2. The maximum atomic E-state index is 13.5. The van der Waals surface area contributed by atoms with Crippen molar-refractivity contribution >= 4 is 44.6 Å². The van der Waals surface area contributed by atoms with Gasteiger partial charge in [-0.3, -0.25) is 4.79 Å². The van der Waals surface area contributed by atoms with Gasteiger partial charge >= 0.3 is 6.18 Å². The third-order valence-electron chi connectivity index (χ3n) is 6.40. The van der Waals surface area contributed by atoms with Crippen molar-refractivity contribution in [2.24, 2.45) is 5.10 Å². The van der Waals surface area contributed by atoms with Crippen LogP contribution >= 0.6 is 27.5 Å². The van der Waals surface area contributed by atoms with Gasteiger partial charge in [-0.05, 0) is 52.3 Å². The fourth-order valence-corrected chi connectivity index (χ4v) is 4.92. The molecule has 0 aliphatic rings. The first-order chi connectivity index (χ1) is 20.6. The average Bonchev–Trinajstić information content (AvgIpc) is 3.01. The Morgan fingerprint density at radius 1 is 1.09 bits per heavy atom. The fraction of sp³-hybridized carbons (Fsp3) is 0.0968. The topological polar surface area (TPSA) is 89.5 Å². The normalized spacial score (nSPS) is 11.6. The van der Waals surface area contributed by atoms with Crippen molar-refractivity contribution in [3.63, 3.8) is 0 Å². The summed E-state index contributed by atoms with van der Waals surface area (Å²) in [4.78, 5) is 18.0. The van der Waals surface area contributed by atoms with E-state index in [1.54, 1.807) is 54.6 Å². The van der Waals surface area contributed by atoms with E-state index in [0.29, 0.717) is 26.7 Å². The van der Waals surface area contributed by atoms with Gasteiger partial charge < -0.3 is 9.47 Å². The molecular formula is C31H19BrClF3N4O3. The Kier molecular flexibility index (Phi) is 8.52. The van der Waals surface area contributed by atoms with Gasteiger partial charge in [-0.2, -0.15) is 28.2 Å². The van der Waals surface area contributed by atoms with Crippen molar-refractivity contribution in [3.8, 4) is 29.0 Å². The fourth-order valence-electron chi connectivity index (χ4n) is 4.26. The van der Waals surface area contributed by atoms with E-state index in [-0.39, 0.29) is 39.9 Å². The highest BCUT2D eigenvalue weighted by molar-refractivity contribution is 9.10. The smallest absolute Gasteiger partial charge is 0.416 e. The van der Waals surface area contributed by atoms with Crippen LogP contribution in [0.25, 0.3) is 22.3 Å². The highest BCUT2D eigenvalue weighted by atomic mass is 79.9. The van der Waals surface area contributed by atoms with Crippen LogP contribution in [0.4, 0.5) is 13.2 Å². The van der Waals surface area contributed by atoms with Crippen LogP contribution in [0.3, 0.4) is 0 Å². The zero-order valence-corrected chi connectivity index (χ0v) is 24.5. The standard InChI is InChI=1S/C31H19BrClF3N4O3/c1-42-25-14-21(26(32)27(33)28(25)43-17-20-8-3-2-7-19(20)15-37)16-38-40-29(18-9-6-10-22(13-18)31(34,35)36)39-24-12-5-4-11-23(24)30(40)41/h2-14,16H,17H2,1H3. The van der Waals surface area contributed by atoms with Gasteiger partial charge in [-0.25, -0.2) is 4.98 Å². The third-order valence-corrected chi connectivity index (χ3v) is 7.84. The molecule has 7 nitrogen and oxygen atoms in total. The first-order valence-electron chi connectivity index (χ1n) is 12.5. The minimum atomic E-state index is -4.60. The molecule has 0 aliphatic heterocycles. The molecule has 1 aromatic heterocycles. The molecule has 4 aromatic carbocycles. The summed E-state index contributed by atoms with van der Waals surface area (Å²) in [6.07, 6.45) is -3.29. The van der Waals surface area contributed by atoms with Crippen molar-refractivity contribution < 1.29 is 22.6 Å². The van der Waals surface area contributed by atoms with Gasteiger partial charge in [0.2, 0.25) is 0 Å². The van der Waals surface area contributed by atoms with Gasteiger partial charge in [0.25, 0.3) is 5.56 Å². The summed E-state index contributed by atoms with van der Waals surface area (Å²) in [5, 5.41) is 14.1. The predicted molar refractivity (Wildman–Crippen MR) is 161 cm³/mol. The SMILES string of the molecule is COc1cc(C=Nn2c(-c3cccc(C(F)(F)F)c3)nc3ccccc3c2=O)c(Br)c(Cl)c1OCc1ccccc1C#N. The maximum Gasteiger partial charge on any atom is 0.416 e. The number of benzene rings is 4. The Morgan fingerprint density at radius 2 is 1.84 bits per heavy atom. The summed E-state index contributed by atoms with van der Waals surface area (Å²) < 4.78 is 53.2. The molecule has 216 valence electrons. The number of methoxy groups -OCH3 is 1. The van der Waals surface area contributed by atoms with Crippen LogP contribution in [-0.2, 0) is 12.8 Å². The van der Waals surface area contributed by atoms with E-state index in [2.05, 4.69) is 32.1 Å². The summed E-state index contributed by atoms with van der Waals surface area (Å²) in [7, 11) is 1.42. The lowest BCUT2D eigenvalue weighted by molar-refractivity contribution is -0.137. The number of nitrogens with zero attached hydrogens (tertiary/aromatic N) is 4. The van der Waals surface area contributed by atoms with Crippen molar-refractivity contribution in [1.82, 2.24) is 9.66 Å². The number of rotatable bonds is 7. The maximum absolute atomic E-state index is 13.5. The number of alkyl halides is 3. The van der Waals surface area contributed by atoms with Crippen LogP contribution in [0.2, 0.25) is 5.02 Å². The monoisotopic (exact) mass is 666 g/mol. The summed E-state index contributed by atoms with van der Waals surface area (Å²) in [6, 6.07) is 21.6. The number of para-hydroxylation sites is 1. The molecule has 0 N–H and O–H groups in total. The van der Waals surface area contributed by atoms with Crippen LogP contribution < -0.4 is 15.0 Å². The van der Waals surface area contributed by atoms with E-state index in [4.69, 9.17) is 21.1 Å². The van der Waals surface area contributed by atoms with Crippen molar-refractivity contribution in [2.75, 3.05) is 7.11 Å². The first kappa shape index (κ1) is 29.8. The van der Waals surface area contributed by atoms with Gasteiger partial charge in [0.1, 0.15) is 11.6 Å². The number of fused-ring (bicyclic) bond motifs is 1. The summed E-state index contributed by atoms with van der Waals surface area (Å²) >= 11 is 10.1. The summed E-state index contributed by atoms with van der Waals surface area (Å²) in [6.45, 7) is 0.0399. The lowest BCUT2D eigenvalue weighted by Gasteiger charge is -2.16. The zero-order chi connectivity index (χ0) is 30.7. The second kappa shape index (κ2) is 12.3. The van der Waals surface area contributed by atoms with Crippen LogP contribution in [0.5, 0.6) is 11.5 Å². The molecule has 12 heteroatoms. The summed E-state index contributed by atoms with van der Waals surface area (Å²) in [5.41, 5.74) is 0.348. The number of hydrogen-bond donors (Lipinski definition) is 0. The lowest BCUT2D eigenvalue weighted by atomic mass is 10.1. The Bertz CT molecular complexity index is 1990. The third kappa shape index (κ3) is 6.11. The number of hydrogen-bond acceptors (Lipinski definition) is 6. The molecule has 0 amide bonds. The molecule has 0 saturated heterocycles. The molecule has 5 aromatic rings. The second-order valence-corrected chi connectivity index (χ2v) is 10.2. The van der Waals surface area contributed by atoms with E-state index >= 15 is 0 Å². The molecule has 0 unspecified atom stereocenters. The van der Waals surface area contributed by atoms with Crippen molar-refractivity contribution in [1.29, 1.82) is 5.26 Å². The Morgan fingerprint density at radius 3 is 2.58 bits per heavy atom. The molecular weight excluding hydrogens is 649 g/mol. The van der Waals surface area contributed by atoms with E-state index in [9.17, 15) is 23.2 Å². The Labute approximate surface area is 256 Å². The molecule has 0 radical (unpaired) electrons. The molecule has 0 saturated carbocycles. The molecule has 0 fully saturated rings. The van der Waals surface area contributed by atoms with E-state index in [1.807, 2.05) is 0 Å². The van der Waals surface area contributed by atoms with Gasteiger partial charge in [0, 0.05) is 21.2 Å². The predicted octanol–water partition coefficient (Wildman–Crippen LogP) is 7.84. The zero-order valence-electron chi connectivity index (χ0n) is 22.2. The molecule has 5 rings (SSSR count). The average molecular weight is 668 g/mol. The molecule has 43 heavy (non-hydrogen) atoms. The number of nitriles is 1. The van der Waals surface area contributed by atoms with Crippen LogP contribution in [0, 0.1) is 11.3 Å². The van der Waals surface area contributed by atoms with Crippen LogP contribution in [0.1, 0.15) is 22.3 Å². The first-order valence-corrected chi connectivity index (χ1v) is 13.7. The van der Waals surface area contributed by atoms with Crippen molar-refractivity contribution in [2.45, 2.75) is 12.8 Å². The minimum absolute atomic E-state index is 0.0399. The van der Waals surface area contributed by atoms with Gasteiger partial charge in [-0.15, -0.1) is 0 Å². The molecule has 1 heterocycles. The molecule has 0 aliphatic carbocycles. The van der Waals surface area contributed by atoms with Gasteiger partial charge in [0.05, 0.1) is 41.4 Å². The van der Waals surface area contributed by atoms with Crippen LogP contribution in [-0.4, -0.2) is 23.0 Å². The number of ether oxygens (including phenoxy) is 2. The van der Waals surface area contributed by atoms with E-state index in [1.165, 1.54) is 25.5 Å². The lowest BCUT2D eigenvalue weighted by Crippen LogP contribution is -2.20. The van der Waals surface area contributed by atoms with E-state index in [0.717, 1.165) is 16.8 Å². The quantitative estimate of drug-likeness (QED) is 0.165. The Hall–Kier alpha value is -4.66. The molecule has 0 spiro atoms. The van der Waals surface area contributed by atoms with Crippen molar-refractivity contribution in [3.05, 3.63) is 121 Å². The van der Waals surface area contributed by atoms with Crippen LogP contribution in [0.15, 0.2) is 93.2 Å². The highest BCUT2D eigenvalue weighted by Gasteiger charge is 2.31. The Balaban J connectivity index is 1.59. The minimum Gasteiger partial charge on any atom is -0.493 e. The van der Waals surface area contributed by atoms with E-state index < -0.39 is 17.3 Å². The summed E-state index contributed by atoms with van der Waals surface area (Å²) in [5.74, 6) is 0.359. The number of halogens is 5. The highest BCUT2D eigenvalue weighted by Crippen LogP contribution is 2.42. The van der Waals surface area contributed by atoms with Gasteiger partial charge in [-0.1, -0.05) is 54.1 Å². The molecule has 0 atom stereocenters. The second-order valence-electron chi connectivity index (χ2n) is 9.08. The largest absolute Gasteiger partial charge is 0.493 e. The molecule has 0 bridgehead atoms.